The van der Waals surface area contributed by atoms with Gasteiger partial charge in [0.05, 0.1) is 12.6 Å². The van der Waals surface area contributed by atoms with Crippen molar-refractivity contribution in [3.8, 4) is 0 Å². The summed E-state index contributed by atoms with van der Waals surface area (Å²) in [5.74, 6) is 0.541. The van der Waals surface area contributed by atoms with Gasteiger partial charge in [-0.1, -0.05) is 30.3 Å². The quantitative estimate of drug-likeness (QED) is 0.767. The maximum absolute atomic E-state index is 12.3. The monoisotopic (exact) mass is 387 g/mol. The van der Waals surface area contributed by atoms with E-state index in [0.717, 1.165) is 58.7 Å². The maximum atomic E-state index is 12.3. The van der Waals surface area contributed by atoms with Crippen LogP contribution in [0, 0.1) is 5.92 Å². The predicted molar refractivity (Wildman–Crippen MR) is 109 cm³/mol. The molecule has 2 atom stereocenters. The lowest BCUT2D eigenvalue weighted by Crippen LogP contribution is -2.48. The van der Waals surface area contributed by atoms with Crippen molar-refractivity contribution in [3.63, 3.8) is 0 Å². The summed E-state index contributed by atoms with van der Waals surface area (Å²) in [6.45, 7) is 6.39. The minimum Gasteiger partial charge on any atom is -0.441 e. The van der Waals surface area contributed by atoms with Gasteiger partial charge in [-0.3, -0.25) is 5.43 Å². The predicted octanol–water partition coefficient (Wildman–Crippen LogP) is 1.30. The van der Waals surface area contributed by atoms with E-state index in [1.54, 1.807) is 0 Å². The number of nitrogens with one attached hydrogen (secondary N) is 2. The SMILES string of the molecule is CN(C)CCN1CC2(CCN(CC3CNNC3c3ccccc3)CC2)OC1=O. The van der Waals surface area contributed by atoms with Crippen LogP contribution in [0.15, 0.2) is 30.3 Å². The molecule has 1 aromatic rings. The van der Waals surface area contributed by atoms with Crippen molar-refractivity contribution in [2.45, 2.75) is 24.5 Å². The number of carbonyl (C=O) groups excluding carboxylic acids is 1. The number of likely N-dealkylation sites (N-methyl/N-ethyl adjacent to an activating group) is 1. The van der Waals surface area contributed by atoms with Crippen LogP contribution in [-0.4, -0.2) is 86.3 Å². The summed E-state index contributed by atoms with van der Waals surface area (Å²) >= 11 is 0. The number of benzene rings is 1. The van der Waals surface area contributed by atoms with Crippen LogP contribution in [0.3, 0.4) is 0 Å². The highest BCUT2D eigenvalue weighted by Gasteiger charge is 2.47. The molecule has 2 N–H and O–H groups in total. The molecule has 0 saturated carbocycles. The minimum absolute atomic E-state index is 0.136. The maximum Gasteiger partial charge on any atom is 0.410 e. The van der Waals surface area contributed by atoms with Crippen molar-refractivity contribution in [1.82, 2.24) is 25.6 Å². The molecular weight excluding hydrogens is 354 g/mol. The Hall–Kier alpha value is -1.67. The van der Waals surface area contributed by atoms with E-state index in [2.05, 4.69) is 51.0 Å². The number of nitrogens with zero attached hydrogens (tertiary/aromatic N) is 3. The molecule has 154 valence electrons. The van der Waals surface area contributed by atoms with Crippen LogP contribution in [0.1, 0.15) is 24.4 Å². The summed E-state index contributed by atoms with van der Waals surface area (Å²) in [4.78, 5) is 18.8. The number of piperidine rings is 1. The first-order valence-corrected chi connectivity index (χ1v) is 10.4. The second-order valence-electron chi connectivity index (χ2n) is 8.75. The van der Waals surface area contributed by atoms with Gasteiger partial charge in [-0.25, -0.2) is 10.2 Å². The van der Waals surface area contributed by atoms with Crippen LogP contribution >= 0.6 is 0 Å². The van der Waals surface area contributed by atoms with Crippen molar-refractivity contribution in [1.29, 1.82) is 0 Å². The zero-order chi connectivity index (χ0) is 19.6. The average molecular weight is 388 g/mol. The van der Waals surface area contributed by atoms with E-state index < -0.39 is 0 Å². The number of hydrogen-bond acceptors (Lipinski definition) is 6. The van der Waals surface area contributed by atoms with Gasteiger partial charge in [-0.05, 0) is 19.7 Å². The van der Waals surface area contributed by atoms with E-state index in [1.165, 1.54) is 5.56 Å². The molecule has 0 aromatic heterocycles. The molecule has 2 unspecified atom stereocenters. The highest BCUT2D eigenvalue weighted by Crippen LogP contribution is 2.34. The molecule has 1 spiro atoms. The molecule has 7 heteroatoms. The van der Waals surface area contributed by atoms with E-state index in [9.17, 15) is 4.79 Å². The van der Waals surface area contributed by atoms with Gasteiger partial charge in [-0.15, -0.1) is 0 Å². The Kier molecular flexibility index (Phi) is 5.87. The topological polar surface area (TPSA) is 60.1 Å². The Morgan fingerprint density at radius 2 is 1.96 bits per heavy atom. The third-order valence-corrected chi connectivity index (χ3v) is 6.37. The molecule has 3 aliphatic rings. The molecule has 28 heavy (non-hydrogen) atoms. The highest BCUT2D eigenvalue weighted by atomic mass is 16.6. The zero-order valence-electron chi connectivity index (χ0n) is 17.1. The summed E-state index contributed by atoms with van der Waals surface area (Å²) in [5.41, 5.74) is 7.84. The Balaban J connectivity index is 1.29. The van der Waals surface area contributed by atoms with Crippen LogP contribution in [0.2, 0.25) is 0 Å². The Bertz CT molecular complexity index is 660. The first-order chi connectivity index (χ1) is 13.5. The minimum atomic E-state index is -0.273. The van der Waals surface area contributed by atoms with Crippen LogP contribution in [-0.2, 0) is 4.74 Å². The van der Waals surface area contributed by atoms with Gasteiger partial charge < -0.3 is 19.4 Å². The van der Waals surface area contributed by atoms with Crippen molar-refractivity contribution < 1.29 is 9.53 Å². The van der Waals surface area contributed by atoms with Gasteiger partial charge in [-0.2, -0.15) is 0 Å². The fourth-order valence-electron chi connectivity index (χ4n) is 4.64. The summed E-state index contributed by atoms with van der Waals surface area (Å²) in [5, 5.41) is 0. The summed E-state index contributed by atoms with van der Waals surface area (Å²) < 4.78 is 5.86. The average Bonchev–Trinajstić information content (AvgIpc) is 3.27. The lowest BCUT2D eigenvalue weighted by molar-refractivity contribution is -0.00269. The Morgan fingerprint density at radius 3 is 2.68 bits per heavy atom. The van der Waals surface area contributed by atoms with Gasteiger partial charge >= 0.3 is 6.09 Å². The molecule has 7 nitrogen and oxygen atoms in total. The highest BCUT2D eigenvalue weighted by molar-refractivity contribution is 5.70. The molecule has 4 rings (SSSR count). The van der Waals surface area contributed by atoms with Crippen LogP contribution in [0.25, 0.3) is 0 Å². The van der Waals surface area contributed by atoms with Gasteiger partial charge in [0.2, 0.25) is 0 Å². The van der Waals surface area contributed by atoms with E-state index in [1.807, 2.05) is 19.0 Å². The number of carbonyl (C=O) groups is 1. The van der Waals surface area contributed by atoms with E-state index in [-0.39, 0.29) is 11.7 Å². The summed E-state index contributed by atoms with van der Waals surface area (Å²) in [6, 6.07) is 11.0. The summed E-state index contributed by atoms with van der Waals surface area (Å²) in [6.07, 6.45) is 1.73. The van der Waals surface area contributed by atoms with Crippen molar-refractivity contribution in [3.05, 3.63) is 35.9 Å². The molecule has 1 amide bonds. The van der Waals surface area contributed by atoms with Gasteiger partial charge in [0.15, 0.2) is 0 Å². The normalized spacial score (nSPS) is 27.7. The molecular formula is C21H33N5O2. The lowest BCUT2D eigenvalue weighted by atomic mass is 9.89. The van der Waals surface area contributed by atoms with Gasteiger partial charge in [0.25, 0.3) is 0 Å². The van der Waals surface area contributed by atoms with Crippen molar-refractivity contribution >= 4 is 6.09 Å². The molecule has 0 radical (unpaired) electrons. The number of hydrazine groups is 1. The molecule has 0 bridgehead atoms. The summed E-state index contributed by atoms with van der Waals surface area (Å²) in [7, 11) is 4.07. The number of hydrogen-bond donors (Lipinski definition) is 2. The number of ether oxygens (including phenoxy) is 1. The third-order valence-electron chi connectivity index (χ3n) is 6.37. The molecule has 3 saturated heterocycles. The van der Waals surface area contributed by atoms with Crippen molar-refractivity contribution in [2.24, 2.45) is 5.92 Å². The zero-order valence-corrected chi connectivity index (χ0v) is 17.1. The molecule has 3 fully saturated rings. The lowest BCUT2D eigenvalue weighted by Gasteiger charge is -2.38. The second-order valence-corrected chi connectivity index (χ2v) is 8.75. The van der Waals surface area contributed by atoms with Crippen LogP contribution in [0.4, 0.5) is 4.79 Å². The fourth-order valence-corrected chi connectivity index (χ4v) is 4.64. The first-order valence-electron chi connectivity index (χ1n) is 10.4. The number of amides is 1. The van der Waals surface area contributed by atoms with Crippen molar-refractivity contribution in [2.75, 3.05) is 59.9 Å². The second kappa shape index (κ2) is 8.37. The van der Waals surface area contributed by atoms with E-state index in [0.29, 0.717) is 12.0 Å². The van der Waals surface area contributed by atoms with Crippen LogP contribution < -0.4 is 10.9 Å². The van der Waals surface area contributed by atoms with E-state index in [4.69, 9.17) is 4.74 Å². The van der Waals surface area contributed by atoms with E-state index >= 15 is 0 Å². The first kappa shape index (κ1) is 19.6. The molecule has 3 heterocycles. The standard InChI is InChI=1S/C21H33N5O2/c1-24(2)12-13-26-16-21(28-20(26)27)8-10-25(11-9-21)15-18-14-22-23-19(18)17-6-4-3-5-7-17/h3-7,18-19,22-23H,8-16H2,1-2H3. The molecule has 1 aromatic carbocycles. The number of rotatable bonds is 6. The third kappa shape index (κ3) is 4.33. The fraction of sp³-hybridized carbons (Fsp3) is 0.667. The molecule has 3 aliphatic heterocycles. The number of likely N-dealkylation sites (tertiary alicyclic amines) is 1. The van der Waals surface area contributed by atoms with Crippen LogP contribution in [0.5, 0.6) is 0 Å². The molecule has 0 aliphatic carbocycles. The van der Waals surface area contributed by atoms with Gasteiger partial charge in [0, 0.05) is 58.0 Å². The largest absolute Gasteiger partial charge is 0.441 e. The smallest absolute Gasteiger partial charge is 0.410 e. The van der Waals surface area contributed by atoms with Gasteiger partial charge in [0.1, 0.15) is 5.60 Å². The Labute approximate surface area is 168 Å². The Morgan fingerprint density at radius 1 is 1.21 bits per heavy atom.